The average Bonchev–Trinajstić information content (AvgIpc) is 3.61. The van der Waals surface area contributed by atoms with Gasteiger partial charge in [-0.1, -0.05) is 53.8 Å². The average molecular weight is 592 g/mol. The van der Waals surface area contributed by atoms with Crippen LogP contribution in [0.15, 0.2) is 116 Å². The van der Waals surface area contributed by atoms with Gasteiger partial charge in [-0.2, -0.15) is 0 Å². The van der Waals surface area contributed by atoms with Crippen molar-refractivity contribution in [1.82, 2.24) is 4.57 Å². The minimum Gasteiger partial charge on any atom is -0.497 e. The van der Waals surface area contributed by atoms with Gasteiger partial charge in [0.05, 0.1) is 34.5 Å². The van der Waals surface area contributed by atoms with Crippen molar-refractivity contribution in [2.45, 2.75) is 13.0 Å². The van der Waals surface area contributed by atoms with E-state index in [1.54, 1.807) is 73.2 Å². The number of carboxylic acid groups (broad SMARTS) is 1. The summed E-state index contributed by atoms with van der Waals surface area (Å²) in [5.74, 6) is 0.264. The van der Waals surface area contributed by atoms with Crippen molar-refractivity contribution < 1.29 is 23.8 Å². The number of methoxy groups -OCH3 is 1. The van der Waals surface area contributed by atoms with Gasteiger partial charge in [0.25, 0.3) is 11.5 Å². The summed E-state index contributed by atoms with van der Waals surface area (Å²) in [4.78, 5) is 43.9. The van der Waals surface area contributed by atoms with Gasteiger partial charge in [0, 0.05) is 17.3 Å². The summed E-state index contributed by atoms with van der Waals surface area (Å²) in [6, 6.07) is 25.5. The molecule has 0 bridgehead atoms. The van der Waals surface area contributed by atoms with Crippen molar-refractivity contribution in [3.8, 4) is 17.1 Å². The molecule has 0 spiro atoms. The van der Waals surface area contributed by atoms with Gasteiger partial charge in [0.15, 0.2) is 4.80 Å². The lowest BCUT2D eigenvalue weighted by Crippen LogP contribution is -2.40. The molecular formula is C33H25N3O6S. The zero-order valence-electron chi connectivity index (χ0n) is 23.1. The zero-order valence-corrected chi connectivity index (χ0v) is 23.9. The number of amides is 1. The predicted octanol–water partition coefficient (Wildman–Crippen LogP) is 4.84. The van der Waals surface area contributed by atoms with E-state index in [0.29, 0.717) is 49.1 Å². The quantitative estimate of drug-likeness (QED) is 0.279. The van der Waals surface area contributed by atoms with Crippen LogP contribution in [0.1, 0.15) is 34.6 Å². The van der Waals surface area contributed by atoms with E-state index in [2.05, 4.69) is 10.3 Å². The van der Waals surface area contributed by atoms with E-state index in [1.807, 2.05) is 30.3 Å². The van der Waals surface area contributed by atoms with Crippen molar-refractivity contribution in [3.05, 3.63) is 139 Å². The van der Waals surface area contributed by atoms with Gasteiger partial charge in [-0.05, 0) is 61.0 Å². The van der Waals surface area contributed by atoms with Gasteiger partial charge >= 0.3 is 5.97 Å². The number of anilines is 1. The second kappa shape index (κ2) is 11.4. The zero-order chi connectivity index (χ0) is 30.1. The highest BCUT2D eigenvalue weighted by molar-refractivity contribution is 7.07. The number of aromatic nitrogens is 1. The Morgan fingerprint density at radius 2 is 1.72 bits per heavy atom. The molecule has 0 saturated carbocycles. The monoisotopic (exact) mass is 591 g/mol. The molecule has 0 aliphatic carbocycles. The number of thiazole rings is 1. The summed E-state index contributed by atoms with van der Waals surface area (Å²) >= 11 is 1.21. The number of ether oxygens (including phenoxy) is 1. The summed E-state index contributed by atoms with van der Waals surface area (Å²) in [5.41, 5.74) is 2.79. The Kier molecular flexibility index (Phi) is 7.35. The smallest absolute Gasteiger partial charge is 0.335 e. The first-order valence-corrected chi connectivity index (χ1v) is 14.1. The fourth-order valence-corrected chi connectivity index (χ4v) is 5.95. The first-order chi connectivity index (χ1) is 20.8. The fraction of sp³-hybridized carbons (Fsp3) is 0.0909. The van der Waals surface area contributed by atoms with Gasteiger partial charge in [0.1, 0.15) is 17.3 Å². The van der Waals surface area contributed by atoms with E-state index >= 15 is 0 Å². The highest BCUT2D eigenvalue weighted by atomic mass is 32.1. The minimum absolute atomic E-state index is 0.176. The molecule has 3 heterocycles. The molecule has 214 valence electrons. The molecule has 0 radical (unpaired) electrons. The summed E-state index contributed by atoms with van der Waals surface area (Å²) < 4.78 is 13.2. The lowest BCUT2D eigenvalue weighted by molar-refractivity contribution is -0.113. The van der Waals surface area contributed by atoms with Crippen LogP contribution in [-0.2, 0) is 4.79 Å². The van der Waals surface area contributed by atoms with Crippen LogP contribution < -0.4 is 24.9 Å². The first-order valence-electron chi connectivity index (χ1n) is 13.3. The largest absolute Gasteiger partial charge is 0.497 e. The summed E-state index contributed by atoms with van der Waals surface area (Å²) in [6.07, 6.45) is 1.65. The van der Waals surface area contributed by atoms with Crippen molar-refractivity contribution in [2.24, 2.45) is 4.99 Å². The third-order valence-corrected chi connectivity index (χ3v) is 8.03. The number of benzene rings is 3. The molecule has 9 nitrogen and oxygen atoms in total. The number of nitrogens with zero attached hydrogens (tertiary/aromatic N) is 2. The Morgan fingerprint density at radius 1 is 1.00 bits per heavy atom. The van der Waals surface area contributed by atoms with Gasteiger partial charge < -0.3 is 19.6 Å². The predicted molar refractivity (Wildman–Crippen MR) is 163 cm³/mol. The Bertz CT molecular complexity index is 2050. The number of hydrogen-bond donors (Lipinski definition) is 2. The van der Waals surface area contributed by atoms with Crippen molar-refractivity contribution in [1.29, 1.82) is 0 Å². The van der Waals surface area contributed by atoms with E-state index in [-0.39, 0.29) is 17.0 Å². The SMILES string of the molecule is COc1ccc([C@H]2C(C(=O)Nc3ccccc3)=C(C)N=c3s/c(=C/c4ccc(-c5ccc(C(=O)O)cc5)o4)c(=O)n32)cc1. The molecule has 2 aromatic heterocycles. The number of carbonyl (C=O) groups excluding carboxylic acids is 1. The Balaban J connectivity index is 1.42. The third-order valence-electron chi connectivity index (χ3n) is 7.05. The second-order valence-corrected chi connectivity index (χ2v) is 10.8. The van der Waals surface area contributed by atoms with Crippen LogP contribution in [0.3, 0.4) is 0 Å². The Hall–Kier alpha value is -5.48. The van der Waals surface area contributed by atoms with Crippen LogP contribution in [0.5, 0.6) is 5.75 Å². The number of rotatable bonds is 7. The number of hydrogen-bond acceptors (Lipinski definition) is 7. The van der Waals surface area contributed by atoms with Gasteiger partial charge in [-0.25, -0.2) is 9.79 Å². The Morgan fingerprint density at radius 3 is 2.40 bits per heavy atom. The fourth-order valence-electron chi connectivity index (χ4n) is 4.93. The van der Waals surface area contributed by atoms with Gasteiger partial charge in [0.2, 0.25) is 0 Å². The van der Waals surface area contributed by atoms with Gasteiger partial charge in [-0.3, -0.25) is 14.2 Å². The lowest BCUT2D eigenvalue weighted by atomic mass is 9.95. The molecule has 2 N–H and O–H groups in total. The molecule has 3 aromatic carbocycles. The van der Waals surface area contributed by atoms with Crippen LogP contribution in [0.25, 0.3) is 17.4 Å². The van der Waals surface area contributed by atoms with Crippen LogP contribution in [-0.4, -0.2) is 28.7 Å². The van der Waals surface area contributed by atoms with E-state index in [9.17, 15) is 14.4 Å². The molecule has 1 atom stereocenters. The van der Waals surface area contributed by atoms with Crippen LogP contribution >= 0.6 is 11.3 Å². The molecule has 0 saturated heterocycles. The van der Waals surface area contributed by atoms with Crippen molar-refractivity contribution in [3.63, 3.8) is 0 Å². The van der Waals surface area contributed by atoms with Crippen LogP contribution in [0, 0.1) is 0 Å². The maximum atomic E-state index is 13.9. The first kappa shape index (κ1) is 27.7. The number of carbonyl (C=O) groups is 2. The van der Waals surface area contributed by atoms with E-state index < -0.39 is 12.0 Å². The molecule has 0 unspecified atom stereocenters. The topological polar surface area (TPSA) is 123 Å². The molecule has 10 heteroatoms. The summed E-state index contributed by atoms with van der Waals surface area (Å²) in [6.45, 7) is 1.77. The Labute approximate surface area is 249 Å². The number of furan rings is 1. The molecule has 6 rings (SSSR count). The number of carboxylic acids is 1. The molecular weight excluding hydrogens is 566 g/mol. The second-order valence-electron chi connectivity index (χ2n) is 9.76. The van der Waals surface area contributed by atoms with Crippen molar-refractivity contribution in [2.75, 3.05) is 12.4 Å². The maximum Gasteiger partial charge on any atom is 0.335 e. The maximum absolute atomic E-state index is 13.9. The number of para-hydroxylation sites is 1. The van der Waals surface area contributed by atoms with E-state index in [1.165, 1.54) is 23.5 Å². The number of nitrogens with one attached hydrogen (secondary N) is 1. The molecule has 1 aliphatic rings. The molecule has 5 aromatic rings. The standard InChI is InChI=1S/C33H25N3O6S/c1-19-28(30(37)35-23-6-4-3-5-7-23)29(21-12-14-24(41-2)15-13-21)36-31(38)27(43-33(36)34-19)18-25-16-17-26(42-25)20-8-10-22(11-9-20)32(39)40/h3-18,29H,1-2H3,(H,35,37)(H,39,40)/b27-18+/t29-/m0/s1. The molecule has 43 heavy (non-hydrogen) atoms. The number of fused-ring (bicyclic) bond motifs is 1. The van der Waals surface area contributed by atoms with Crippen LogP contribution in [0.4, 0.5) is 5.69 Å². The lowest BCUT2D eigenvalue weighted by Gasteiger charge is -2.25. The van der Waals surface area contributed by atoms with E-state index in [4.69, 9.17) is 14.3 Å². The highest BCUT2D eigenvalue weighted by Crippen LogP contribution is 2.32. The molecule has 1 aliphatic heterocycles. The normalized spacial score (nSPS) is 14.7. The third kappa shape index (κ3) is 5.43. The van der Waals surface area contributed by atoms with E-state index in [0.717, 1.165) is 5.56 Å². The summed E-state index contributed by atoms with van der Waals surface area (Å²) in [5, 5.41) is 12.1. The minimum atomic E-state index is -1.01. The summed E-state index contributed by atoms with van der Waals surface area (Å²) in [7, 11) is 1.58. The van der Waals surface area contributed by atoms with Gasteiger partial charge in [-0.15, -0.1) is 0 Å². The number of allylic oxidation sites excluding steroid dienone is 1. The number of aromatic carboxylic acids is 1. The highest BCUT2D eigenvalue weighted by Gasteiger charge is 2.32. The van der Waals surface area contributed by atoms with Crippen molar-refractivity contribution >= 4 is 35.0 Å². The molecule has 1 amide bonds. The molecule has 0 fully saturated rings. The van der Waals surface area contributed by atoms with Crippen LogP contribution in [0.2, 0.25) is 0 Å².